The summed E-state index contributed by atoms with van der Waals surface area (Å²) in [6.07, 6.45) is 4.50. The number of amides is 1. The van der Waals surface area contributed by atoms with Crippen molar-refractivity contribution in [3.8, 4) is 0 Å². The fourth-order valence-corrected chi connectivity index (χ4v) is 3.59. The third-order valence-corrected chi connectivity index (χ3v) is 4.99. The molecule has 0 spiro atoms. The summed E-state index contributed by atoms with van der Waals surface area (Å²) in [5.74, 6) is -0.163. The van der Waals surface area contributed by atoms with Gasteiger partial charge in [0.05, 0.1) is 16.8 Å². The smallest absolute Gasteiger partial charge is 0.220 e. The number of aromatic nitrogens is 1. The molecular weight excluding hydrogens is 313 g/mol. The standard InChI is InChI=1S/C19H24BN3O2/c1-2-3-17(24)15-11-22-16-5-4-13(20)10-14(16)18(15)23-8-6-12(7-9-23)19(21)25/h4-5,10-12H,2-3,6-9,20H2,1H3,(H2,21,25). The first-order chi connectivity index (χ1) is 12.0. The van der Waals surface area contributed by atoms with Gasteiger partial charge in [-0.15, -0.1) is 0 Å². The Morgan fingerprint density at radius 1 is 1.32 bits per heavy atom. The number of rotatable bonds is 5. The molecule has 1 amide bonds. The predicted octanol–water partition coefficient (Wildman–Crippen LogP) is 1.18. The Labute approximate surface area is 149 Å². The van der Waals surface area contributed by atoms with E-state index in [-0.39, 0.29) is 17.6 Å². The van der Waals surface area contributed by atoms with Gasteiger partial charge < -0.3 is 10.6 Å². The zero-order chi connectivity index (χ0) is 18.0. The molecule has 2 heterocycles. The maximum atomic E-state index is 12.7. The number of pyridine rings is 1. The topological polar surface area (TPSA) is 76.3 Å². The molecule has 2 aromatic rings. The predicted molar refractivity (Wildman–Crippen MR) is 103 cm³/mol. The van der Waals surface area contributed by atoms with Crippen LogP contribution in [0.5, 0.6) is 0 Å². The van der Waals surface area contributed by atoms with E-state index in [0.29, 0.717) is 12.0 Å². The van der Waals surface area contributed by atoms with E-state index in [1.54, 1.807) is 6.20 Å². The number of carbonyl (C=O) groups is 2. The fourth-order valence-electron chi connectivity index (χ4n) is 3.59. The van der Waals surface area contributed by atoms with E-state index >= 15 is 0 Å². The van der Waals surface area contributed by atoms with E-state index < -0.39 is 0 Å². The lowest BCUT2D eigenvalue weighted by molar-refractivity contribution is -0.122. The molecule has 1 aliphatic heterocycles. The number of primary amides is 1. The summed E-state index contributed by atoms with van der Waals surface area (Å²) in [4.78, 5) is 30.9. The Morgan fingerprint density at radius 2 is 2.04 bits per heavy atom. The Balaban J connectivity index is 2.06. The lowest BCUT2D eigenvalue weighted by Crippen LogP contribution is -2.39. The maximum Gasteiger partial charge on any atom is 0.220 e. The van der Waals surface area contributed by atoms with Crippen molar-refractivity contribution < 1.29 is 9.59 Å². The molecular formula is C19H24BN3O2. The molecule has 0 aliphatic carbocycles. The van der Waals surface area contributed by atoms with Crippen LogP contribution < -0.4 is 16.1 Å². The van der Waals surface area contributed by atoms with Crippen LogP contribution in [0.4, 0.5) is 5.69 Å². The Bertz CT molecular complexity index is 814. The first-order valence-electron chi connectivity index (χ1n) is 8.98. The summed E-state index contributed by atoms with van der Waals surface area (Å²) in [5.41, 5.74) is 9.15. The average molecular weight is 337 g/mol. The highest BCUT2D eigenvalue weighted by atomic mass is 16.1. The minimum atomic E-state index is -0.225. The molecule has 0 unspecified atom stereocenters. The molecule has 6 heteroatoms. The van der Waals surface area contributed by atoms with Gasteiger partial charge in [-0.3, -0.25) is 14.6 Å². The van der Waals surface area contributed by atoms with E-state index in [9.17, 15) is 9.59 Å². The third kappa shape index (κ3) is 3.53. The first kappa shape index (κ1) is 17.5. The molecule has 0 radical (unpaired) electrons. The minimum absolute atomic E-state index is 0.0686. The molecule has 25 heavy (non-hydrogen) atoms. The van der Waals surface area contributed by atoms with E-state index in [4.69, 9.17) is 5.73 Å². The van der Waals surface area contributed by atoms with Crippen molar-refractivity contribution in [3.05, 3.63) is 30.0 Å². The van der Waals surface area contributed by atoms with E-state index in [2.05, 4.69) is 16.0 Å². The van der Waals surface area contributed by atoms with Crippen LogP contribution in [0.2, 0.25) is 0 Å². The average Bonchev–Trinajstić information content (AvgIpc) is 2.61. The summed E-state index contributed by atoms with van der Waals surface area (Å²) in [6.45, 7) is 3.47. The van der Waals surface area contributed by atoms with Crippen molar-refractivity contribution in [1.29, 1.82) is 0 Å². The molecule has 0 saturated carbocycles. The highest BCUT2D eigenvalue weighted by molar-refractivity contribution is 6.33. The van der Waals surface area contributed by atoms with Gasteiger partial charge >= 0.3 is 0 Å². The van der Waals surface area contributed by atoms with E-state index in [1.807, 2.05) is 26.9 Å². The normalized spacial score (nSPS) is 15.5. The van der Waals surface area contributed by atoms with Crippen molar-refractivity contribution >= 4 is 41.6 Å². The van der Waals surface area contributed by atoms with Gasteiger partial charge in [0.2, 0.25) is 5.91 Å². The van der Waals surface area contributed by atoms with Crippen LogP contribution in [0.15, 0.2) is 24.4 Å². The van der Waals surface area contributed by atoms with Crippen molar-refractivity contribution in [2.24, 2.45) is 11.7 Å². The van der Waals surface area contributed by atoms with Crippen LogP contribution >= 0.6 is 0 Å². The lowest BCUT2D eigenvalue weighted by Gasteiger charge is -2.34. The van der Waals surface area contributed by atoms with E-state index in [1.165, 1.54) is 0 Å². The van der Waals surface area contributed by atoms with Gasteiger partial charge in [-0.1, -0.05) is 24.5 Å². The molecule has 5 nitrogen and oxygen atoms in total. The third-order valence-electron chi connectivity index (χ3n) is 4.99. The van der Waals surface area contributed by atoms with Crippen LogP contribution in [0.25, 0.3) is 10.9 Å². The summed E-state index contributed by atoms with van der Waals surface area (Å²) < 4.78 is 0. The van der Waals surface area contributed by atoms with Crippen LogP contribution in [-0.4, -0.2) is 37.6 Å². The van der Waals surface area contributed by atoms with Crippen LogP contribution in [0, 0.1) is 5.92 Å². The summed E-state index contributed by atoms with van der Waals surface area (Å²) in [5, 5.41) is 1.01. The molecule has 1 aromatic heterocycles. The summed E-state index contributed by atoms with van der Waals surface area (Å²) in [6, 6.07) is 6.13. The molecule has 1 aromatic carbocycles. The zero-order valence-electron chi connectivity index (χ0n) is 14.9. The van der Waals surface area contributed by atoms with Crippen molar-refractivity contribution in [2.45, 2.75) is 32.6 Å². The minimum Gasteiger partial charge on any atom is -0.370 e. The molecule has 0 bridgehead atoms. The summed E-state index contributed by atoms with van der Waals surface area (Å²) >= 11 is 0. The van der Waals surface area contributed by atoms with Crippen molar-refractivity contribution in [2.75, 3.05) is 18.0 Å². The Morgan fingerprint density at radius 3 is 2.68 bits per heavy atom. The number of hydrogen-bond acceptors (Lipinski definition) is 4. The SMILES string of the molecule is Bc1ccc2ncc(C(=O)CCC)c(N3CCC(C(N)=O)CC3)c2c1. The lowest BCUT2D eigenvalue weighted by atomic mass is 9.91. The van der Waals surface area contributed by atoms with Gasteiger partial charge in [0.15, 0.2) is 5.78 Å². The number of hydrogen-bond donors (Lipinski definition) is 1. The molecule has 0 atom stereocenters. The number of nitrogens with zero attached hydrogens (tertiary/aromatic N) is 2. The second kappa shape index (κ2) is 7.25. The largest absolute Gasteiger partial charge is 0.370 e. The number of Topliss-reactive ketones (excluding diaryl/α,β-unsaturated/α-hetero) is 1. The van der Waals surface area contributed by atoms with Crippen molar-refractivity contribution in [3.63, 3.8) is 0 Å². The van der Waals surface area contributed by atoms with Crippen LogP contribution in [-0.2, 0) is 4.79 Å². The fraction of sp³-hybridized carbons (Fsp3) is 0.421. The number of carbonyl (C=O) groups excluding carboxylic acids is 2. The van der Waals surface area contributed by atoms with Crippen LogP contribution in [0.1, 0.15) is 43.0 Å². The zero-order valence-corrected chi connectivity index (χ0v) is 14.9. The van der Waals surface area contributed by atoms with Gasteiger partial charge in [0.25, 0.3) is 0 Å². The van der Waals surface area contributed by atoms with E-state index in [0.717, 1.165) is 54.4 Å². The second-order valence-corrected chi connectivity index (χ2v) is 6.88. The molecule has 1 aliphatic rings. The highest BCUT2D eigenvalue weighted by Crippen LogP contribution is 2.33. The monoisotopic (exact) mass is 337 g/mol. The number of ketones is 1. The molecule has 1 fully saturated rings. The molecule has 3 rings (SSSR count). The van der Waals surface area contributed by atoms with Gasteiger partial charge in [-0.2, -0.15) is 0 Å². The maximum absolute atomic E-state index is 12.7. The number of anilines is 1. The van der Waals surface area contributed by atoms with Crippen LogP contribution in [0.3, 0.4) is 0 Å². The number of fused-ring (bicyclic) bond motifs is 1. The van der Waals surface area contributed by atoms with Gasteiger partial charge in [-0.25, -0.2) is 0 Å². The van der Waals surface area contributed by atoms with Gasteiger partial charge in [-0.05, 0) is 25.3 Å². The molecule has 1 saturated heterocycles. The molecule has 2 N–H and O–H groups in total. The van der Waals surface area contributed by atoms with Gasteiger partial charge in [0.1, 0.15) is 7.85 Å². The van der Waals surface area contributed by atoms with Crippen molar-refractivity contribution in [1.82, 2.24) is 4.98 Å². The highest BCUT2D eigenvalue weighted by Gasteiger charge is 2.27. The molecule has 130 valence electrons. The number of benzene rings is 1. The Kier molecular flexibility index (Phi) is 5.07. The Hall–Kier alpha value is -2.37. The summed E-state index contributed by atoms with van der Waals surface area (Å²) in [7, 11) is 2.04. The van der Waals surface area contributed by atoms with Gasteiger partial charge in [0, 0.05) is 37.0 Å². The quantitative estimate of drug-likeness (QED) is 0.657. The first-order valence-corrected chi connectivity index (χ1v) is 8.98. The second-order valence-electron chi connectivity index (χ2n) is 6.88. The number of piperidine rings is 1. The number of nitrogens with two attached hydrogens (primary N) is 1.